The molecule has 0 atom stereocenters. The third-order valence-electron chi connectivity index (χ3n) is 5.81. The van der Waals surface area contributed by atoms with E-state index in [9.17, 15) is 9.59 Å². The van der Waals surface area contributed by atoms with Gasteiger partial charge >= 0.3 is 11.9 Å². The number of carboxylic acid groups (broad SMARTS) is 1. The average Bonchev–Trinajstić information content (AvgIpc) is 3.79. The van der Waals surface area contributed by atoms with Gasteiger partial charge in [0.1, 0.15) is 22.7 Å². The number of carbonyl (C=O) groups is 2. The second kappa shape index (κ2) is 11.5. The summed E-state index contributed by atoms with van der Waals surface area (Å²) < 4.78 is 6.69. The Hall–Kier alpha value is -3.20. The van der Waals surface area contributed by atoms with Crippen molar-refractivity contribution in [2.75, 3.05) is 11.9 Å². The van der Waals surface area contributed by atoms with Crippen LogP contribution in [-0.2, 0) is 11.3 Å². The fourth-order valence-corrected chi connectivity index (χ4v) is 4.20. The van der Waals surface area contributed by atoms with Gasteiger partial charge in [0.05, 0.1) is 6.61 Å². The first-order valence-electron chi connectivity index (χ1n) is 11.8. The molecular formula is C26H29BrN4O4. The summed E-state index contributed by atoms with van der Waals surface area (Å²) in [5, 5.41) is 12.2. The summed E-state index contributed by atoms with van der Waals surface area (Å²) in [6, 6.07) is 10.9. The lowest BCUT2D eigenvalue weighted by Crippen LogP contribution is -2.09. The first kappa shape index (κ1) is 24.9. The van der Waals surface area contributed by atoms with Gasteiger partial charge in [-0.2, -0.15) is 0 Å². The number of nitrogens with one attached hydrogen (secondary N) is 1. The predicted molar refractivity (Wildman–Crippen MR) is 138 cm³/mol. The normalized spacial score (nSPS) is 14.6. The molecule has 0 unspecified atom stereocenters. The highest BCUT2D eigenvalue weighted by Gasteiger charge is 2.25. The molecule has 2 N–H and O–H groups in total. The maximum Gasteiger partial charge on any atom is 0.354 e. The standard InChI is InChI=1S/C12H12N2O2.C10H10N2O2.C4H7Br/c15-12(16)10-6-9-2-1-5-13-11(9)14(10)7-8-3-4-8;1-2-14-10(13)8-6-7-4-3-5-11-9(7)12-8;5-3-4-1-2-4/h1-2,5-6,8H,3-4,7H2,(H,15,16);3-6H,2H2,1H3,(H,11,12);4H,1-3H2. The molecule has 2 fully saturated rings. The maximum atomic E-state index is 11.3. The number of aromatic carboxylic acids is 1. The van der Waals surface area contributed by atoms with E-state index < -0.39 is 5.97 Å². The van der Waals surface area contributed by atoms with Gasteiger partial charge in [0.2, 0.25) is 0 Å². The summed E-state index contributed by atoms with van der Waals surface area (Å²) in [4.78, 5) is 33.7. The van der Waals surface area contributed by atoms with Gasteiger partial charge in [-0.05, 0) is 80.8 Å². The Balaban J connectivity index is 0.000000139. The van der Waals surface area contributed by atoms with E-state index in [0.29, 0.717) is 29.6 Å². The second-order valence-electron chi connectivity index (χ2n) is 8.75. The van der Waals surface area contributed by atoms with Crippen LogP contribution in [0.2, 0.25) is 0 Å². The predicted octanol–water partition coefficient (Wildman–Crippen LogP) is 5.68. The Morgan fingerprint density at radius 1 is 1.09 bits per heavy atom. The highest BCUT2D eigenvalue weighted by molar-refractivity contribution is 9.09. The molecule has 4 heterocycles. The third kappa shape index (κ3) is 6.69. The number of rotatable bonds is 6. The molecule has 4 aromatic rings. The van der Waals surface area contributed by atoms with Crippen molar-refractivity contribution in [2.45, 2.75) is 39.2 Å². The molecule has 0 aliphatic heterocycles. The number of fused-ring (bicyclic) bond motifs is 2. The van der Waals surface area contributed by atoms with Crippen molar-refractivity contribution in [3.05, 3.63) is 60.2 Å². The van der Waals surface area contributed by atoms with Gasteiger partial charge in [-0.25, -0.2) is 19.6 Å². The lowest BCUT2D eigenvalue weighted by atomic mass is 10.3. The van der Waals surface area contributed by atoms with Crippen molar-refractivity contribution in [3.63, 3.8) is 0 Å². The number of aromatic amines is 1. The lowest BCUT2D eigenvalue weighted by molar-refractivity contribution is 0.0520. The number of hydrogen-bond donors (Lipinski definition) is 2. The van der Waals surface area contributed by atoms with Crippen LogP contribution in [0, 0.1) is 11.8 Å². The summed E-state index contributed by atoms with van der Waals surface area (Å²) in [5.74, 6) is 0.467. The number of esters is 1. The number of nitrogens with zero attached hydrogens (tertiary/aromatic N) is 3. The molecule has 6 rings (SSSR count). The molecular weight excluding hydrogens is 512 g/mol. The molecule has 2 aliphatic carbocycles. The van der Waals surface area contributed by atoms with Crippen LogP contribution in [0.4, 0.5) is 0 Å². The van der Waals surface area contributed by atoms with Crippen LogP contribution in [0.1, 0.15) is 53.6 Å². The van der Waals surface area contributed by atoms with Crippen molar-refractivity contribution >= 4 is 49.9 Å². The number of aromatic nitrogens is 4. The first-order valence-corrected chi connectivity index (χ1v) is 13.0. The second-order valence-corrected chi connectivity index (χ2v) is 9.39. The summed E-state index contributed by atoms with van der Waals surface area (Å²) in [5.41, 5.74) is 2.28. The molecule has 0 aromatic carbocycles. The number of hydrogen-bond acceptors (Lipinski definition) is 5. The summed E-state index contributed by atoms with van der Waals surface area (Å²) in [7, 11) is 0. The van der Waals surface area contributed by atoms with Crippen LogP contribution in [0.3, 0.4) is 0 Å². The molecule has 0 radical (unpaired) electrons. The van der Waals surface area contributed by atoms with E-state index in [1.165, 1.54) is 31.0 Å². The third-order valence-corrected chi connectivity index (χ3v) is 6.73. The van der Waals surface area contributed by atoms with Crippen LogP contribution in [0.15, 0.2) is 48.8 Å². The quantitative estimate of drug-likeness (QED) is 0.240. The van der Waals surface area contributed by atoms with E-state index >= 15 is 0 Å². The van der Waals surface area contributed by atoms with Crippen molar-refractivity contribution in [2.24, 2.45) is 11.8 Å². The number of ether oxygens (including phenoxy) is 1. The number of carbonyl (C=O) groups excluding carboxylic acids is 1. The van der Waals surface area contributed by atoms with Crippen LogP contribution in [0.5, 0.6) is 0 Å². The minimum Gasteiger partial charge on any atom is -0.477 e. The van der Waals surface area contributed by atoms with Crippen molar-refractivity contribution in [3.8, 4) is 0 Å². The Morgan fingerprint density at radius 3 is 2.34 bits per heavy atom. The number of H-pyrrole nitrogens is 1. The SMILES string of the molecule is BrCC1CC1.CCOC(=O)c1cc2cccnc2[nH]1.O=C(O)c1cc2cccnc2n1CC1CC1. The number of pyridine rings is 2. The minimum atomic E-state index is -0.876. The summed E-state index contributed by atoms with van der Waals surface area (Å²) in [6.07, 6.45) is 8.71. The zero-order valence-electron chi connectivity index (χ0n) is 19.6. The molecule has 0 saturated heterocycles. The molecule has 0 amide bonds. The smallest absolute Gasteiger partial charge is 0.354 e. The number of halogens is 1. The van der Waals surface area contributed by atoms with E-state index in [1.54, 1.807) is 31.5 Å². The molecule has 35 heavy (non-hydrogen) atoms. The van der Waals surface area contributed by atoms with E-state index in [-0.39, 0.29) is 5.97 Å². The molecule has 0 bridgehead atoms. The van der Waals surface area contributed by atoms with E-state index in [2.05, 4.69) is 30.9 Å². The van der Waals surface area contributed by atoms with Crippen molar-refractivity contribution < 1.29 is 19.4 Å². The topological polar surface area (TPSA) is 110 Å². The first-order chi connectivity index (χ1) is 17.0. The van der Waals surface area contributed by atoms with Gasteiger partial charge in [0.15, 0.2) is 0 Å². The molecule has 8 nitrogen and oxygen atoms in total. The van der Waals surface area contributed by atoms with Crippen molar-refractivity contribution in [1.29, 1.82) is 0 Å². The Morgan fingerprint density at radius 2 is 1.77 bits per heavy atom. The van der Waals surface area contributed by atoms with E-state index in [4.69, 9.17) is 9.84 Å². The average molecular weight is 541 g/mol. The lowest BCUT2D eigenvalue weighted by Gasteiger charge is -2.05. The Bertz CT molecular complexity index is 1270. The molecule has 4 aromatic heterocycles. The van der Waals surface area contributed by atoms with Gasteiger partial charge in [-0.3, -0.25) is 0 Å². The Kier molecular flexibility index (Phi) is 8.17. The zero-order valence-corrected chi connectivity index (χ0v) is 21.2. The van der Waals surface area contributed by atoms with Gasteiger partial charge in [0.25, 0.3) is 0 Å². The monoisotopic (exact) mass is 540 g/mol. The van der Waals surface area contributed by atoms with Crippen LogP contribution in [-0.4, -0.2) is 48.5 Å². The molecule has 2 saturated carbocycles. The fraction of sp³-hybridized carbons (Fsp3) is 0.385. The largest absolute Gasteiger partial charge is 0.477 e. The van der Waals surface area contributed by atoms with Crippen LogP contribution in [0.25, 0.3) is 22.1 Å². The molecule has 9 heteroatoms. The Labute approximate surface area is 211 Å². The summed E-state index contributed by atoms with van der Waals surface area (Å²) in [6.45, 7) is 2.93. The van der Waals surface area contributed by atoms with Gasteiger partial charge in [-0.1, -0.05) is 15.9 Å². The molecule has 0 spiro atoms. The van der Waals surface area contributed by atoms with E-state index in [1.807, 2.05) is 28.8 Å². The number of alkyl halides is 1. The van der Waals surface area contributed by atoms with Gasteiger partial charge in [-0.15, -0.1) is 0 Å². The number of carboxylic acids is 1. The van der Waals surface area contributed by atoms with E-state index in [0.717, 1.165) is 28.9 Å². The van der Waals surface area contributed by atoms with Crippen molar-refractivity contribution in [1.82, 2.24) is 19.5 Å². The van der Waals surface area contributed by atoms with Gasteiger partial charge in [0, 0.05) is 35.0 Å². The fourth-order valence-electron chi connectivity index (χ4n) is 3.56. The highest BCUT2D eigenvalue weighted by atomic mass is 79.9. The molecule has 2 aliphatic rings. The maximum absolute atomic E-state index is 11.3. The van der Waals surface area contributed by atoms with Gasteiger partial charge < -0.3 is 19.4 Å². The highest BCUT2D eigenvalue weighted by Crippen LogP contribution is 2.32. The minimum absolute atomic E-state index is 0.342. The summed E-state index contributed by atoms with van der Waals surface area (Å²) >= 11 is 3.38. The van der Waals surface area contributed by atoms with Crippen LogP contribution >= 0.6 is 15.9 Å². The zero-order chi connectivity index (χ0) is 24.8. The van der Waals surface area contributed by atoms with Crippen LogP contribution < -0.4 is 0 Å². The molecule has 184 valence electrons.